The number of hydrogen-bond donors (Lipinski definition) is 2. The standard InChI is InChI=1S/C5H14N2.CHClO/c6-4-2-1-3-5-7;2-1-3/h1-7H2;1H. The minimum atomic E-state index is 0.222. The van der Waals surface area contributed by atoms with Crippen molar-refractivity contribution in [3.63, 3.8) is 0 Å². The van der Waals surface area contributed by atoms with E-state index in [-0.39, 0.29) is 5.75 Å². The van der Waals surface area contributed by atoms with Crippen molar-refractivity contribution in [3.05, 3.63) is 0 Å². The zero-order valence-electron chi connectivity index (χ0n) is 6.05. The van der Waals surface area contributed by atoms with Crippen molar-refractivity contribution in [1.82, 2.24) is 0 Å². The van der Waals surface area contributed by atoms with Crippen molar-refractivity contribution in [2.24, 2.45) is 11.5 Å². The maximum absolute atomic E-state index is 8.57. The van der Waals surface area contributed by atoms with Crippen molar-refractivity contribution >= 4 is 17.3 Å². The van der Waals surface area contributed by atoms with Gasteiger partial charge in [0.05, 0.1) is 0 Å². The second kappa shape index (κ2) is 15.9. The lowest BCUT2D eigenvalue weighted by Gasteiger charge is -1.91. The molecule has 0 rings (SSSR count). The second-order valence-corrected chi connectivity index (χ2v) is 1.91. The van der Waals surface area contributed by atoms with Crippen LogP contribution in [0.25, 0.3) is 0 Å². The van der Waals surface area contributed by atoms with Crippen molar-refractivity contribution in [3.8, 4) is 0 Å². The molecule has 0 unspecified atom stereocenters. The zero-order valence-corrected chi connectivity index (χ0v) is 6.81. The van der Waals surface area contributed by atoms with E-state index in [9.17, 15) is 0 Å². The SMILES string of the molecule is NCCCCCN.O=CCl. The smallest absolute Gasteiger partial charge is 0.208 e. The molecule has 0 saturated heterocycles. The Labute approximate surface area is 66.7 Å². The maximum atomic E-state index is 8.57. The van der Waals surface area contributed by atoms with E-state index in [1.165, 1.54) is 6.42 Å². The molecule has 0 aromatic carbocycles. The number of hydrogen-bond acceptors (Lipinski definition) is 3. The molecule has 0 radical (unpaired) electrons. The molecule has 0 aromatic heterocycles. The normalized spacial score (nSPS) is 7.90. The van der Waals surface area contributed by atoms with Gasteiger partial charge in [-0.3, -0.25) is 4.79 Å². The topological polar surface area (TPSA) is 69.1 Å². The van der Waals surface area contributed by atoms with Crippen LogP contribution in [0.1, 0.15) is 19.3 Å². The summed E-state index contributed by atoms with van der Waals surface area (Å²) < 4.78 is 0. The van der Waals surface area contributed by atoms with E-state index in [2.05, 4.69) is 11.6 Å². The average Bonchev–Trinajstić information content (AvgIpc) is 1.91. The fourth-order valence-corrected chi connectivity index (χ4v) is 0.465. The Morgan fingerprint density at radius 3 is 1.60 bits per heavy atom. The highest BCUT2D eigenvalue weighted by Crippen LogP contribution is 1.88. The third-order valence-corrected chi connectivity index (χ3v) is 0.908. The average molecular weight is 167 g/mol. The van der Waals surface area contributed by atoms with E-state index in [0.717, 1.165) is 25.9 Å². The Kier molecular flexibility index (Phi) is 20.0. The van der Waals surface area contributed by atoms with Crippen LogP contribution in [0.3, 0.4) is 0 Å². The van der Waals surface area contributed by atoms with Gasteiger partial charge in [0.2, 0.25) is 5.75 Å². The lowest BCUT2D eigenvalue weighted by molar-refractivity contribution is 0.569. The molecule has 0 spiro atoms. The quantitative estimate of drug-likeness (QED) is 0.363. The Balaban J connectivity index is 0. The molecule has 0 saturated carbocycles. The van der Waals surface area contributed by atoms with E-state index < -0.39 is 0 Å². The first-order valence-electron chi connectivity index (χ1n) is 3.27. The van der Waals surface area contributed by atoms with Crippen LogP contribution in [0.4, 0.5) is 0 Å². The maximum Gasteiger partial charge on any atom is 0.208 e. The van der Waals surface area contributed by atoms with Gasteiger partial charge in [-0.2, -0.15) is 0 Å². The van der Waals surface area contributed by atoms with Crippen LogP contribution in [0, 0.1) is 0 Å². The van der Waals surface area contributed by atoms with Crippen LogP contribution in [0.5, 0.6) is 0 Å². The minimum Gasteiger partial charge on any atom is -0.330 e. The number of unbranched alkanes of at least 4 members (excludes halogenated alkanes) is 2. The van der Waals surface area contributed by atoms with Crippen molar-refractivity contribution in [2.75, 3.05) is 13.1 Å². The molecule has 3 nitrogen and oxygen atoms in total. The molecule has 62 valence electrons. The fraction of sp³-hybridized carbons (Fsp3) is 0.833. The summed E-state index contributed by atoms with van der Waals surface area (Å²) in [5.74, 6) is 0.222. The van der Waals surface area contributed by atoms with E-state index in [1.807, 2.05) is 0 Å². The van der Waals surface area contributed by atoms with Crippen molar-refractivity contribution < 1.29 is 4.79 Å². The van der Waals surface area contributed by atoms with E-state index in [1.54, 1.807) is 0 Å². The molecule has 0 heterocycles. The Hall–Kier alpha value is -0.120. The molecule has 0 fully saturated rings. The summed E-state index contributed by atoms with van der Waals surface area (Å²) in [5.41, 5.74) is 10.5. The Bertz CT molecular complexity index is 57.7. The van der Waals surface area contributed by atoms with E-state index >= 15 is 0 Å². The molecular formula is C6H15ClN2O. The lowest BCUT2D eigenvalue weighted by atomic mass is 10.2. The van der Waals surface area contributed by atoms with Crippen LogP contribution in [-0.4, -0.2) is 18.8 Å². The molecule has 4 heteroatoms. The lowest BCUT2D eigenvalue weighted by Crippen LogP contribution is -2.02. The summed E-state index contributed by atoms with van der Waals surface area (Å²) in [4.78, 5) is 8.57. The van der Waals surface area contributed by atoms with Gasteiger partial charge in [0.25, 0.3) is 0 Å². The number of rotatable bonds is 4. The van der Waals surface area contributed by atoms with Crippen LogP contribution in [-0.2, 0) is 4.79 Å². The summed E-state index contributed by atoms with van der Waals surface area (Å²) in [6, 6.07) is 0. The summed E-state index contributed by atoms with van der Waals surface area (Å²) in [5, 5.41) is 0. The summed E-state index contributed by atoms with van der Waals surface area (Å²) in [6.45, 7) is 1.61. The highest BCUT2D eigenvalue weighted by atomic mass is 35.5. The Morgan fingerprint density at radius 2 is 1.40 bits per heavy atom. The van der Waals surface area contributed by atoms with Gasteiger partial charge >= 0.3 is 0 Å². The molecule has 0 aromatic rings. The van der Waals surface area contributed by atoms with E-state index in [4.69, 9.17) is 16.3 Å². The predicted molar refractivity (Wildman–Crippen MR) is 44.6 cm³/mol. The first-order chi connectivity index (χ1) is 4.83. The molecule has 0 aliphatic carbocycles. The van der Waals surface area contributed by atoms with Gasteiger partial charge in [-0.15, -0.1) is 0 Å². The molecular weight excluding hydrogens is 152 g/mol. The van der Waals surface area contributed by atoms with Crippen molar-refractivity contribution in [2.45, 2.75) is 19.3 Å². The van der Waals surface area contributed by atoms with Gasteiger partial charge in [0, 0.05) is 0 Å². The van der Waals surface area contributed by atoms with Crippen molar-refractivity contribution in [1.29, 1.82) is 0 Å². The molecule has 0 bridgehead atoms. The monoisotopic (exact) mass is 166 g/mol. The fourth-order valence-electron chi connectivity index (χ4n) is 0.465. The van der Waals surface area contributed by atoms with Crippen LogP contribution in [0.15, 0.2) is 0 Å². The first-order valence-corrected chi connectivity index (χ1v) is 3.71. The van der Waals surface area contributed by atoms with Gasteiger partial charge in [0.15, 0.2) is 0 Å². The third kappa shape index (κ3) is 24.8. The third-order valence-electron chi connectivity index (χ3n) is 0.908. The van der Waals surface area contributed by atoms with Gasteiger partial charge in [-0.05, 0) is 37.5 Å². The highest BCUT2D eigenvalue weighted by Gasteiger charge is 1.80. The summed E-state index contributed by atoms with van der Waals surface area (Å²) >= 11 is 4.32. The first kappa shape index (κ1) is 12.5. The summed E-state index contributed by atoms with van der Waals surface area (Å²) in [7, 11) is 0. The summed E-state index contributed by atoms with van der Waals surface area (Å²) in [6.07, 6.45) is 3.43. The molecule has 10 heavy (non-hydrogen) atoms. The molecule has 0 aliphatic rings. The van der Waals surface area contributed by atoms with Gasteiger partial charge in [-0.1, -0.05) is 6.42 Å². The molecule has 0 atom stereocenters. The zero-order chi connectivity index (χ0) is 8.24. The predicted octanol–water partition coefficient (Wildman–Crippen LogP) is 0.490. The number of carbonyl (C=O) groups is 1. The molecule has 0 amide bonds. The number of nitrogens with two attached hydrogens (primary N) is 2. The number of carbonyl (C=O) groups excluding carboxylic acids is 1. The second-order valence-electron chi connectivity index (χ2n) is 1.73. The number of halogens is 1. The minimum absolute atomic E-state index is 0.222. The van der Waals surface area contributed by atoms with Crippen LogP contribution >= 0.6 is 11.6 Å². The Morgan fingerprint density at radius 1 is 1.10 bits per heavy atom. The van der Waals surface area contributed by atoms with Crippen LogP contribution in [0.2, 0.25) is 0 Å². The van der Waals surface area contributed by atoms with Gasteiger partial charge in [-0.25, -0.2) is 0 Å². The highest BCUT2D eigenvalue weighted by molar-refractivity contribution is 6.54. The van der Waals surface area contributed by atoms with E-state index in [0.29, 0.717) is 0 Å². The molecule has 0 aliphatic heterocycles. The largest absolute Gasteiger partial charge is 0.330 e. The molecule has 4 N–H and O–H groups in total. The van der Waals surface area contributed by atoms with Gasteiger partial charge < -0.3 is 11.5 Å². The van der Waals surface area contributed by atoms with Crippen LogP contribution < -0.4 is 11.5 Å². The van der Waals surface area contributed by atoms with Gasteiger partial charge in [0.1, 0.15) is 0 Å².